The number of hydrogen-bond acceptors (Lipinski definition) is 2. The molecule has 118 valence electrons. The molecule has 4 heteroatoms. The first-order valence-electron chi connectivity index (χ1n) is 7.72. The van der Waals surface area contributed by atoms with Crippen molar-refractivity contribution in [2.75, 3.05) is 6.54 Å². The van der Waals surface area contributed by atoms with Gasteiger partial charge >= 0.3 is 5.97 Å². The lowest BCUT2D eigenvalue weighted by Crippen LogP contribution is -2.44. The Balaban J connectivity index is 1.85. The molecular weight excluding hydrogens is 290 g/mol. The molecule has 2 aromatic rings. The Morgan fingerprint density at radius 2 is 1.83 bits per heavy atom. The quantitative estimate of drug-likeness (QED) is 0.948. The summed E-state index contributed by atoms with van der Waals surface area (Å²) in [6.07, 6.45) is 0.922. The summed E-state index contributed by atoms with van der Waals surface area (Å²) in [5.74, 6) is -1.12. The maximum atomic E-state index is 12.6. The summed E-state index contributed by atoms with van der Waals surface area (Å²) in [5, 5.41) is 9.61. The molecule has 0 aliphatic carbocycles. The molecule has 23 heavy (non-hydrogen) atoms. The van der Waals surface area contributed by atoms with Crippen LogP contribution in [-0.2, 0) is 22.4 Å². The Morgan fingerprint density at radius 3 is 2.52 bits per heavy atom. The van der Waals surface area contributed by atoms with Crippen molar-refractivity contribution < 1.29 is 14.7 Å². The molecule has 1 N–H and O–H groups in total. The van der Waals surface area contributed by atoms with Crippen molar-refractivity contribution in [3.63, 3.8) is 0 Å². The Hall–Kier alpha value is -2.62. The van der Waals surface area contributed by atoms with E-state index in [9.17, 15) is 14.7 Å². The maximum absolute atomic E-state index is 12.6. The van der Waals surface area contributed by atoms with Crippen LogP contribution in [0.2, 0.25) is 0 Å². The first-order chi connectivity index (χ1) is 11.1. The third-order valence-electron chi connectivity index (χ3n) is 4.31. The van der Waals surface area contributed by atoms with E-state index in [1.165, 1.54) is 4.90 Å². The van der Waals surface area contributed by atoms with Gasteiger partial charge in [0.2, 0.25) is 5.91 Å². The molecule has 1 heterocycles. The molecule has 0 aromatic heterocycles. The van der Waals surface area contributed by atoms with Crippen LogP contribution >= 0.6 is 0 Å². The largest absolute Gasteiger partial charge is 0.479 e. The Morgan fingerprint density at radius 1 is 1.13 bits per heavy atom. The maximum Gasteiger partial charge on any atom is 0.331 e. The van der Waals surface area contributed by atoms with Crippen LogP contribution in [0.3, 0.4) is 0 Å². The second-order valence-electron chi connectivity index (χ2n) is 5.94. The van der Waals surface area contributed by atoms with Gasteiger partial charge < -0.3 is 10.0 Å². The summed E-state index contributed by atoms with van der Waals surface area (Å²) in [6.45, 7) is 2.44. The highest BCUT2D eigenvalue weighted by Crippen LogP contribution is 2.30. The Bertz CT molecular complexity index is 737. The van der Waals surface area contributed by atoms with Crippen LogP contribution < -0.4 is 0 Å². The van der Waals surface area contributed by atoms with Crippen molar-refractivity contribution in [1.82, 2.24) is 4.90 Å². The summed E-state index contributed by atoms with van der Waals surface area (Å²) in [7, 11) is 0. The molecule has 0 radical (unpaired) electrons. The van der Waals surface area contributed by atoms with E-state index in [1.807, 2.05) is 49.4 Å². The number of rotatable bonds is 3. The van der Waals surface area contributed by atoms with Crippen molar-refractivity contribution >= 4 is 11.9 Å². The molecule has 0 bridgehead atoms. The SMILES string of the molecule is Cc1ccc(CC(=O)N2CCc3ccccc3C2C(=O)O)cc1. The van der Waals surface area contributed by atoms with Gasteiger partial charge in [-0.05, 0) is 30.0 Å². The number of carbonyl (C=O) groups excluding carboxylic acids is 1. The minimum absolute atomic E-state index is 0.143. The number of carboxylic acids is 1. The summed E-state index contributed by atoms with van der Waals surface area (Å²) < 4.78 is 0. The smallest absolute Gasteiger partial charge is 0.331 e. The molecule has 3 rings (SSSR count). The molecule has 0 saturated carbocycles. The van der Waals surface area contributed by atoms with Crippen molar-refractivity contribution in [2.24, 2.45) is 0 Å². The van der Waals surface area contributed by atoms with Crippen LogP contribution in [0.5, 0.6) is 0 Å². The second-order valence-corrected chi connectivity index (χ2v) is 5.94. The number of aryl methyl sites for hydroxylation is 1. The van der Waals surface area contributed by atoms with Crippen LogP contribution in [0.25, 0.3) is 0 Å². The lowest BCUT2D eigenvalue weighted by Gasteiger charge is -2.34. The molecule has 1 aliphatic heterocycles. The molecule has 1 unspecified atom stereocenters. The lowest BCUT2D eigenvalue weighted by atomic mass is 9.92. The van der Waals surface area contributed by atoms with Crippen LogP contribution in [0.15, 0.2) is 48.5 Å². The number of aliphatic carboxylic acids is 1. The fourth-order valence-corrected chi connectivity index (χ4v) is 3.08. The van der Waals surface area contributed by atoms with E-state index in [0.29, 0.717) is 13.0 Å². The molecule has 1 atom stereocenters. The lowest BCUT2D eigenvalue weighted by molar-refractivity contribution is -0.151. The highest BCUT2D eigenvalue weighted by atomic mass is 16.4. The zero-order valence-electron chi connectivity index (χ0n) is 13.0. The zero-order valence-corrected chi connectivity index (χ0v) is 13.0. The van der Waals surface area contributed by atoms with Gasteiger partial charge in [0, 0.05) is 6.54 Å². The van der Waals surface area contributed by atoms with E-state index in [0.717, 1.165) is 22.3 Å². The Kier molecular flexibility index (Phi) is 4.15. The van der Waals surface area contributed by atoms with Gasteiger partial charge in [0.1, 0.15) is 0 Å². The van der Waals surface area contributed by atoms with Gasteiger partial charge in [-0.3, -0.25) is 4.79 Å². The van der Waals surface area contributed by atoms with Crippen LogP contribution in [0.4, 0.5) is 0 Å². The molecule has 0 saturated heterocycles. The molecule has 0 fully saturated rings. The minimum Gasteiger partial charge on any atom is -0.479 e. The van der Waals surface area contributed by atoms with E-state index in [-0.39, 0.29) is 12.3 Å². The van der Waals surface area contributed by atoms with Gasteiger partial charge in [-0.25, -0.2) is 4.79 Å². The zero-order chi connectivity index (χ0) is 16.4. The van der Waals surface area contributed by atoms with Crippen molar-refractivity contribution in [1.29, 1.82) is 0 Å². The summed E-state index contributed by atoms with van der Waals surface area (Å²) >= 11 is 0. The number of nitrogens with zero attached hydrogens (tertiary/aromatic N) is 1. The molecule has 2 aromatic carbocycles. The average Bonchev–Trinajstić information content (AvgIpc) is 2.55. The predicted octanol–water partition coefficient (Wildman–Crippen LogP) is 2.75. The van der Waals surface area contributed by atoms with Gasteiger partial charge in [-0.1, -0.05) is 54.1 Å². The highest BCUT2D eigenvalue weighted by molar-refractivity contribution is 5.86. The van der Waals surface area contributed by atoms with Crippen LogP contribution in [0.1, 0.15) is 28.3 Å². The third-order valence-corrected chi connectivity index (χ3v) is 4.31. The second kappa shape index (κ2) is 6.24. The molecule has 4 nitrogen and oxygen atoms in total. The number of amides is 1. The minimum atomic E-state index is -0.977. The first kappa shape index (κ1) is 15.3. The first-order valence-corrected chi connectivity index (χ1v) is 7.72. The molecule has 1 aliphatic rings. The number of fused-ring (bicyclic) bond motifs is 1. The molecule has 0 spiro atoms. The van der Waals surface area contributed by atoms with Gasteiger partial charge in [0.15, 0.2) is 6.04 Å². The summed E-state index contributed by atoms with van der Waals surface area (Å²) in [4.78, 5) is 25.9. The monoisotopic (exact) mass is 309 g/mol. The van der Waals surface area contributed by atoms with Gasteiger partial charge in [-0.2, -0.15) is 0 Å². The number of benzene rings is 2. The average molecular weight is 309 g/mol. The molecular formula is C19H19NO3. The fraction of sp³-hybridized carbons (Fsp3) is 0.263. The number of hydrogen-bond donors (Lipinski definition) is 1. The Labute approximate surface area is 135 Å². The van der Waals surface area contributed by atoms with E-state index in [2.05, 4.69) is 0 Å². The summed E-state index contributed by atoms with van der Waals surface area (Å²) in [6, 6.07) is 14.3. The van der Waals surface area contributed by atoms with E-state index >= 15 is 0 Å². The van der Waals surface area contributed by atoms with Gasteiger partial charge in [0.25, 0.3) is 0 Å². The van der Waals surface area contributed by atoms with Crippen LogP contribution in [0, 0.1) is 6.92 Å². The summed E-state index contributed by atoms with van der Waals surface area (Å²) in [5.41, 5.74) is 3.78. The van der Waals surface area contributed by atoms with E-state index < -0.39 is 12.0 Å². The third kappa shape index (κ3) is 3.11. The van der Waals surface area contributed by atoms with Gasteiger partial charge in [0.05, 0.1) is 6.42 Å². The van der Waals surface area contributed by atoms with E-state index in [4.69, 9.17) is 0 Å². The predicted molar refractivity (Wildman–Crippen MR) is 87.1 cm³/mol. The number of carbonyl (C=O) groups is 2. The molecule has 1 amide bonds. The van der Waals surface area contributed by atoms with Crippen LogP contribution in [-0.4, -0.2) is 28.4 Å². The number of carboxylic acid groups (broad SMARTS) is 1. The van der Waals surface area contributed by atoms with Crippen molar-refractivity contribution in [2.45, 2.75) is 25.8 Å². The highest BCUT2D eigenvalue weighted by Gasteiger charge is 2.35. The van der Waals surface area contributed by atoms with Crippen molar-refractivity contribution in [3.05, 3.63) is 70.8 Å². The van der Waals surface area contributed by atoms with E-state index in [1.54, 1.807) is 6.07 Å². The normalized spacial score (nSPS) is 16.7. The van der Waals surface area contributed by atoms with Crippen molar-refractivity contribution in [3.8, 4) is 0 Å². The van der Waals surface area contributed by atoms with Gasteiger partial charge in [-0.15, -0.1) is 0 Å². The standard InChI is InChI=1S/C19H19NO3/c1-13-6-8-14(9-7-13)12-17(21)20-11-10-15-4-2-3-5-16(15)18(20)19(22)23/h2-9,18H,10-12H2,1H3,(H,22,23). The fourth-order valence-electron chi connectivity index (χ4n) is 3.08. The topological polar surface area (TPSA) is 57.6 Å².